The quantitative estimate of drug-likeness (QED) is 0.263. The lowest BCUT2D eigenvalue weighted by Crippen LogP contribution is -2.55. The van der Waals surface area contributed by atoms with Gasteiger partial charge in [-0.05, 0) is 95.6 Å². The van der Waals surface area contributed by atoms with Gasteiger partial charge in [0.05, 0.1) is 14.2 Å². The summed E-state index contributed by atoms with van der Waals surface area (Å²) >= 11 is 0. The van der Waals surface area contributed by atoms with Crippen LogP contribution >= 0.6 is 0 Å². The summed E-state index contributed by atoms with van der Waals surface area (Å²) in [5.74, 6) is 3.54. The van der Waals surface area contributed by atoms with Crippen LogP contribution in [-0.4, -0.2) is 14.2 Å². The van der Waals surface area contributed by atoms with Crippen molar-refractivity contribution >= 4 is 0 Å². The van der Waals surface area contributed by atoms with Crippen molar-refractivity contribution in [3.8, 4) is 33.8 Å². The number of rotatable bonds is 6. The van der Waals surface area contributed by atoms with E-state index in [1.54, 1.807) is 25.3 Å². The molecule has 4 aromatic rings. The first kappa shape index (κ1) is 23.6. The Labute approximate surface area is 226 Å². The molecule has 0 heterocycles. The summed E-state index contributed by atoms with van der Waals surface area (Å²) in [5.41, 5.74) is 8.48. The fourth-order valence-corrected chi connectivity index (χ4v) is 8.71. The van der Waals surface area contributed by atoms with Gasteiger partial charge in [0, 0.05) is 11.1 Å². The standard InChI is InChI=1S/C36H36O2/c1-37-33-9-5-3-7-31(33)27-11-15-29(16-12-27)35-20-25-19-26(21-35)23-36(22-25,24-35)30-17-13-28(14-18-30)32-8-4-6-10-34(32)38-2/h3-18,25-26H,19-24H2,1-2H3. The maximum Gasteiger partial charge on any atom is 0.126 e. The maximum absolute atomic E-state index is 5.64. The molecule has 0 atom stereocenters. The minimum absolute atomic E-state index is 0.296. The van der Waals surface area contributed by atoms with E-state index in [2.05, 4.69) is 72.8 Å². The fourth-order valence-electron chi connectivity index (χ4n) is 8.71. The molecule has 0 N–H and O–H groups in total. The molecule has 4 aliphatic carbocycles. The molecule has 2 heteroatoms. The molecule has 4 aromatic carbocycles. The van der Waals surface area contributed by atoms with Crippen LogP contribution in [0.3, 0.4) is 0 Å². The van der Waals surface area contributed by atoms with Gasteiger partial charge in [0.15, 0.2) is 0 Å². The van der Waals surface area contributed by atoms with Gasteiger partial charge in [-0.1, -0.05) is 84.9 Å². The van der Waals surface area contributed by atoms with Crippen molar-refractivity contribution in [3.63, 3.8) is 0 Å². The van der Waals surface area contributed by atoms with Crippen LogP contribution in [-0.2, 0) is 10.8 Å². The third kappa shape index (κ3) is 3.76. The molecule has 4 fully saturated rings. The normalized spacial score (nSPS) is 27.3. The van der Waals surface area contributed by atoms with E-state index < -0.39 is 0 Å². The summed E-state index contributed by atoms with van der Waals surface area (Å²) in [6.45, 7) is 0. The number of methoxy groups -OCH3 is 2. The van der Waals surface area contributed by atoms with E-state index in [1.807, 2.05) is 24.3 Å². The van der Waals surface area contributed by atoms with E-state index in [0.29, 0.717) is 10.8 Å². The fraction of sp³-hybridized carbons (Fsp3) is 0.333. The number of para-hydroxylation sites is 2. The zero-order valence-corrected chi connectivity index (χ0v) is 22.5. The zero-order chi connectivity index (χ0) is 25.7. The predicted octanol–water partition coefficient (Wildman–Crippen LogP) is 8.83. The zero-order valence-electron chi connectivity index (χ0n) is 22.5. The molecular weight excluding hydrogens is 464 g/mol. The van der Waals surface area contributed by atoms with Crippen LogP contribution in [0.25, 0.3) is 22.3 Å². The summed E-state index contributed by atoms with van der Waals surface area (Å²) in [7, 11) is 3.51. The first-order chi connectivity index (χ1) is 18.6. The largest absolute Gasteiger partial charge is 0.496 e. The Hall–Kier alpha value is -3.52. The molecular formula is C36H36O2. The molecule has 4 aliphatic rings. The average molecular weight is 501 g/mol. The number of hydrogen-bond acceptors (Lipinski definition) is 2. The molecule has 0 unspecified atom stereocenters. The average Bonchev–Trinajstić information content (AvgIpc) is 2.96. The molecule has 4 saturated carbocycles. The monoisotopic (exact) mass is 500 g/mol. The van der Waals surface area contributed by atoms with Crippen molar-refractivity contribution < 1.29 is 9.47 Å². The Morgan fingerprint density at radius 3 is 1.32 bits per heavy atom. The van der Waals surface area contributed by atoms with Crippen LogP contribution < -0.4 is 9.47 Å². The van der Waals surface area contributed by atoms with Gasteiger partial charge in [-0.15, -0.1) is 0 Å². The molecule has 0 aromatic heterocycles. The Kier molecular flexibility index (Phi) is 5.62. The molecule has 0 spiro atoms. The van der Waals surface area contributed by atoms with Gasteiger partial charge in [0.1, 0.15) is 11.5 Å². The number of ether oxygens (including phenoxy) is 2. The summed E-state index contributed by atoms with van der Waals surface area (Å²) in [5, 5.41) is 0. The first-order valence-corrected chi connectivity index (χ1v) is 14.1. The molecule has 38 heavy (non-hydrogen) atoms. The maximum atomic E-state index is 5.64. The van der Waals surface area contributed by atoms with Crippen LogP contribution in [0.15, 0.2) is 97.1 Å². The van der Waals surface area contributed by atoms with E-state index >= 15 is 0 Å². The van der Waals surface area contributed by atoms with Gasteiger partial charge in [-0.2, -0.15) is 0 Å². The Balaban J connectivity index is 1.21. The highest BCUT2D eigenvalue weighted by Gasteiger charge is 2.58. The van der Waals surface area contributed by atoms with Gasteiger partial charge in [0.25, 0.3) is 0 Å². The highest BCUT2D eigenvalue weighted by atomic mass is 16.5. The van der Waals surface area contributed by atoms with Crippen LogP contribution in [0.5, 0.6) is 11.5 Å². The van der Waals surface area contributed by atoms with Gasteiger partial charge < -0.3 is 9.47 Å². The third-order valence-electron chi connectivity index (χ3n) is 9.89. The Morgan fingerprint density at radius 1 is 0.526 bits per heavy atom. The van der Waals surface area contributed by atoms with Gasteiger partial charge in [0.2, 0.25) is 0 Å². The third-order valence-corrected chi connectivity index (χ3v) is 9.89. The lowest BCUT2D eigenvalue weighted by Gasteiger charge is -2.63. The molecule has 192 valence electrons. The van der Waals surface area contributed by atoms with Gasteiger partial charge in [-0.3, -0.25) is 0 Å². The minimum Gasteiger partial charge on any atom is -0.496 e. The van der Waals surface area contributed by atoms with Gasteiger partial charge in [-0.25, -0.2) is 0 Å². The Bertz CT molecular complexity index is 1330. The van der Waals surface area contributed by atoms with Crippen LogP contribution in [0, 0.1) is 11.8 Å². The highest BCUT2D eigenvalue weighted by Crippen LogP contribution is 2.66. The minimum atomic E-state index is 0.296. The summed E-state index contributed by atoms with van der Waals surface area (Å²) in [4.78, 5) is 0. The van der Waals surface area contributed by atoms with Crippen molar-refractivity contribution in [2.24, 2.45) is 11.8 Å². The summed E-state index contributed by atoms with van der Waals surface area (Å²) in [6, 6.07) is 35.6. The van der Waals surface area contributed by atoms with Crippen LogP contribution in [0.2, 0.25) is 0 Å². The molecule has 0 aliphatic heterocycles. The van der Waals surface area contributed by atoms with Crippen molar-refractivity contribution in [1.29, 1.82) is 0 Å². The van der Waals surface area contributed by atoms with Crippen molar-refractivity contribution in [3.05, 3.63) is 108 Å². The van der Waals surface area contributed by atoms with E-state index in [-0.39, 0.29) is 0 Å². The van der Waals surface area contributed by atoms with E-state index in [0.717, 1.165) is 23.3 Å². The van der Waals surface area contributed by atoms with Crippen molar-refractivity contribution in [2.75, 3.05) is 14.2 Å². The lowest BCUT2D eigenvalue weighted by atomic mass is 9.41. The van der Waals surface area contributed by atoms with Crippen molar-refractivity contribution in [2.45, 2.75) is 49.4 Å². The van der Waals surface area contributed by atoms with E-state index in [1.165, 1.54) is 60.8 Å². The topological polar surface area (TPSA) is 18.5 Å². The summed E-state index contributed by atoms with van der Waals surface area (Å²) in [6.07, 6.45) is 8.07. The van der Waals surface area contributed by atoms with Crippen molar-refractivity contribution in [1.82, 2.24) is 0 Å². The molecule has 2 nitrogen and oxygen atoms in total. The molecule has 4 bridgehead atoms. The smallest absolute Gasteiger partial charge is 0.126 e. The summed E-state index contributed by atoms with van der Waals surface area (Å²) < 4.78 is 11.3. The Morgan fingerprint density at radius 2 is 0.921 bits per heavy atom. The van der Waals surface area contributed by atoms with E-state index in [9.17, 15) is 0 Å². The lowest BCUT2D eigenvalue weighted by molar-refractivity contribution is -0.0281. The second-order valence-electron chi connectivity index (χ2n) is 12.1. The van der Waals surface area contributed by atoms with Crippen LogP contribution in [0.1, 0.15) is 49.7 Å². The number of hydrogen-bond donors (Lipinski definition) is 0. The highest BCUT2D eigenvalue weighted by molar-refractivity contribution is 5.71. The van der Waals surface area contributed by atoms with Crippen LogP contribution in [0.4, 0.5) is 0 Å². The molecule has 0 amide bonds. The molecule has 8 rings (SSSR count). The SMILES string of the molecule is COc1ccccc1-c1ccc(C23CC4CC(C2)CC(c2ccc(-c5ccccc5OC)cc2)(C4)C3)cc1. The predicted molar refractivity (Wildman–Crippen MR) is 155 cm³/mol. The van der Waals surface area contributed by atoms with E-state index in [4.69, 9.17) is 9.47 Å². The second kappa shape index (κ2) is 9.05. The first-order valence-electron chi connectivity index (χ1n) is 14.1. The second-order valence-corrected chi connectivity index (χ2v) is 12.1. The molecule has 0 radical (unpaired) electrons. The number of benzene rings is 4. The molecule has 0 saturated heterocycles. The van der Waals surface area contributed by atoms with Gasteiger partial charge >= 0.3 is 0 Å².